The highest BCUT2D eigenvalue weighted by atomic mass is 16.5. The molecular formula is C14H23NO3. The summed E-state index contributed by atoms with van der Waals surface area (Å²) in [6, 6.07) is 5.12. The zero-order valence-corrected chi connectivity index (χ0v) is 11.3. The maximum Gasteiger partial charge on any atom is 0.161 e. The molecule has 1 aromatic carbocycles. The number of ether oxygens (including phenoxy) is 2. The number of benzene rings is 1. The number of methoxy groups -OCH3 is 1. The van der Waals surface area contributed by atoms with Crippen molar-refractivity contribution in [2.24, 2.45) is 11.7 Å². The lowest BCUT2D eigenvalue weighted by Crippen LogP contribution is -2.14. The molecule has 0 unspecified atom stereocenters. The van der Waals surface area contributed by atoms with Crippen molar-refractivity contribution in [3.8, 4) is 11.5 Å². The highest BCUT2D eigenvalue weighted by Crippen LogP contribution is 2.30. The van der Waals surface area contributed by atoms with Crippen molar-refractivity contribution in [1.29, 1.82) is 0 Å². The van der Waals surface area contributed by atoms with E-state index >= 15 is 0 Å². The summed E-state index contributed by atoms with van der Waals surface area (Å²) in [7, 11) is 1.60. The van der Waals surface area contributed by atoms with Gasteiger partial charge in [-0.05, 0) is 30.0 Å². The zero-order chi connectivity index (χ0) is 13.5. The Morgan fingerprint density at radius 3 is 2.56 bits per heavy atom. The fourth-order valence-corrected chi connectivity index (χ4v) is 1.54. The second-order valence-electron chi connectivity index (χ2n) is 4.73. The molecular weight excluding hydrogens is 230 g/mol. The highest BCUT2D eigenvalue weighted by molar-refractivity contribution is 5.43. The third-order valence-electron chi connectivity index (χ3n) is 2.77. The third kappa shape index (κ3) is 4.20. The standard InChI is InChI=1S/C14H23NO3/c1-10(2)6-7-18-13-5-4-11(12(15)9-16)8-14(13)17-3/h4-5,8,10,12,16H,6-7,9,15H2,1-3H3/t12-/m0/s1. The molecule has 0 heterocycles. The summed E-state index contributed by atoms with van der Waals surface area (Å²) in [6.45, 7) is 4.89. The van der Waals surface area contributed by atoms with Gasteiger partial charge in [0.05, 0.1) is 26.4 Å². The Balaban J connectivity index is 2.74. The lowest BCUT2D eigenvalue weighted by Gasteiger charge is -2.15. The van der Waals surface area contributed by atoms with Crippen molar-refractivity contribution in [2.45, 2.75) is 26.3 Å². The summed E-state index contributed by atoms with van der Waals surface area (Å²) in [6.07, 6.45) is 1.00. The minimum Gasteiger partial charge on any atom is -0.493 e. The quantitative estimate of drug-likeness (QED) is 0.781. The van der Waals surface area contributed by atoms with E-state index in [1.807, 2.05) is 18.2 Å². The largest absolute Gasteiger partial charge is 0.493 e. The molecule has 102 valence electrons. The predicted octanol–water partition coefficient (Wildman–Crippen LogP) is 2.11. The van der Waals surface area contributed by atoms with Gasteiger partial charge in [0.2, 0.25) is 0 Å². The van der Waals surface area contributed by atoms with Gasteiger partial charge in [0.1, 0.15) is 0 Å². The van der Waals surface area contributed by atoms with E-state index in [0.29, 0.717) is 24.0 Å². The molecule has 0 saturated heterocycles. The molecule has 0 aliphatic rings. The summed E-state index contributed by atoms with van der Waals surface area (Å²) in [4.78, 5) is 0. The van der Waals surface area contributed by atoms with E-state index in [0.717, 1.165) is 12.0 Å². The van der Waals surface area contributed by atoms with Crippen LogP contribution in [0.3, 0.4) is 0 Å². The molecule has 0 aromatic heterocycles. The SMILES string of the molecule is COc1cc([C@@H](N)CO)ccc1OCCC(C)C. The third-order valence-corrected chi connectivity index (χ3v) is 2.77. The smallest absolute Gasteiger partial charge is 0.161 e. The van der Waals surface area contributed by atoms with Crippen molar-refractivity contribution in [1.82, 2.24) is 0 Å². The summed E-state index contributed by atoms with van der Waals surface area (Å²) in [5.41, 5.74) is 6.60. The molecule has 1 rings (SSSR count). The highest BCUT2D eigenvalue weighted by Gasteiger charge is 2.10. The van der Waals surface area contributed by atoms with Gasteiger partial charge in [-0.25, -0.2) is 0 Å². The van der Waals surface area contributed by atoms with Crippen molar-refractivity contribution in [2.75, 3.05) is 20.3 Å². The first-order valence-electron chi connectivity index (χ1n) is 6.25. The van der Waals surface area contributed by atoms with Gasteiger partial charge in [-0.1, -0.05) is 19.9 Å². The van der Waals surface area contributed by atoms with Gasteiger partial charge in [0, 0.05) is 0 Å². The van der Waals surface area contributed by atoms with E-state index in [9.17, 15) is 0 Å². The number of hydrogen-bond donors (Lipinski definition) is 2. The Morgan fingerprint density at radius 2 is 2.00 bits per heavy atom. The van der Waals surface area contributed by atoms with Crippen LogP contribution >= 0.6 is 0 Å². The Bertz CT molecular complexity index is 366. The van der Waals surface area contributed by atoms with Crippen molar-refractivity contribution < 1.29 is 14.6 Å². The summed E-state index contributed by atoms with van der Waals surface area (Å²) >= 11 is 0. The fourth-order valence-electron chi connectivity index (χ4n) is 1.54. The number of hydrogen-bond acceptors (Lipinski definition) is 4. The van der Waals surface area contributed by atoms with Crippen LogP contribution < -0.4 is 15.2 Å². The Labute approximate surface area is 109 Å². The lowest BCUT2D eigenvalue weighted by atomic mass is 10.1. The van der Waals surface area contributed by atoms with Crippen LogP contribution in [0.25, 0.3) is 0 Å². The van der Waals surface area contributed by atoms with Crippen LogP contribution in [0.5, 0.6) is 11.5 Å². The molecule has 0 aliphatic carbocycles. The number of aliphatic hydroxyl groups excluding tert-OH is 1. The average molecular weight is 253 g/mol. The first-order chi connectivity index (χ1) is 8.58. The van der Waals surface area contributed by atoms with Gasteiger partial charge in [-0.3, -0.25) is 0 Å². The van der Waals surface area contributed by atoms with Crippen molar-refractivity contribution in [3.63, 3.8) is 0 Å². The molecule has 1 aromatic rings. The van der Waals surface area contributed by atoms with Crippen molar-refractivity contribution in [3.05, 3.63) is 23.8 Å². The summed E-state index contributed by atoms with van der Waals surface area (Å²) in [5, 5.41) is 9.03. The van der Waals surface area contributed by atoms with Gasteiger partial charge in [-0.15, -0.1) is 0 Å². The monoisotopic (exact) mass is 253 g/mol. The van der Waals surface area contributed by atoms with Crippen LogP contribution in [-0.4, -0.2) is 25.4 Å². The summed E-state index contributed by atoms with van der Waals surface area (Å²) in [5.74, 6) is 1.98. The minimum absolute atomic E-state index is 0.0866. The molecule has 0 amide bonds. The first-order valence-corrected chi connectivity index (χ1v) is 6.25. The van der Waals surface area contributed by atoms with E-state index in [-0.39, 0.29) is 12.6 Å². The molecule has 4 nitrogen and oxygen atoms in total. The predicted molar refractivity (Wildman–Crippen MR) is 72.0 cm³/mol. The van der Waals surface area contributed by atoms with Gasteiger partial charge < -0.3 is 20.3 Å². The van der Waals surface area contributed by atoms with Crippen LogP contribution in [0.2, 0.25) is 0 Å². The molecule has 4 heteroatoms. The average Bonchev–Trinajstić information content (AvgIpc) is 2.37. The fraction of sp³-hybridized carbons (Fsp3) is 0.571. The van der Waals surface area contributed by atoms with Crippen LogP contribution in [0.4, 0.5) is 0 Å². The maximum absolute atomic E-state index is 9.03. The Kier molecular flexibility index (Phi) is 5.95. The second kappa shape index (κ2) is 7.24. The molecule has 3 N–H and O–H groups in total. The number of aliphatic hydroxyl groups is 1. The van der Waals surface area contributed by atoms with Gasteiger partial charge in [-0.2, -0.15) is 0 Å². The van der Waals surface area contributed by atoms with Crippen LogP contribution in [-0.2, 0) is 0 Å². The van der Waals surface area contributed by atoms with Gasteiger partial charge in [0.15, 0.2) is 11.5 Å². The topological polar surface area (TPSA) is 64.7 Å². The maximum atomic E-state index is 9.03. The lowest BCUT2D eigenvalue weighted by molar-refractivity contribution is 0.264. The van der Waals surface area contributed by atoms with E-state index in [1.165, 1.54) is 0 Å². The van der Waals surface area contributed by atoms with E-state index < -0.39 is 0 Å². The minimum atomic E-state index is -0.386. The first kappa shape index (κ1) is 14.8. The van der Waals surface area contributed by atoms with E-state index in [1.54, 1.807) is 7.11 Å². The molecule has 0 spiro atoms. The molecule has 18 heavy (non-hydrogen) atoms. The van der Waals surface area contributed by atoms with Crippen LogP contribution in [0, 0.1) is 5.92 Å². The van der Waals surface area contributed by atoms with Gasteiger partial charge >= 0.3 is 0 Å². The van der Waals surface area contributed by atoms with E-state index in [4.69, 9.17) is 20.3 Å². The van der Waals surface area contributed by atoms with Crippen molar-refractivity contribution >= 4 is 0 Å². The Morgan fingerprint density at radius 1 is 1.28 bits per heavy atom. The molecule has 0 saturated carbocycles. The summed E-state index contributed by atoms with van der Waals surface area (Å²) < 4.78 is 11.0. The van der Waals surface area contributed by atoms with Crippen LogP contribution in [0.15, 0.2) is 18.2 Å². The van der Waals surface area contributed by atoms with Gasteiger partial charge in [0.25, 0.3) is 0 Å². The molecule has 0 radical (unpaired) electrons. The van der Waals surface area contributed by atoms with Crippen LogP contribution in [0.1, 0.15) is 31.9 Å². The normalized spacial score (nSPS) is 12.6. The Hall–Kier alpha value is -1.26. The zero-order valence-electron chi connectivity index (χ0n) is 11.3. The molecule has 1 atom stereocenters. The van der Waals surface area contributed by atoms with E-state index in [2.05, 4.69) is 13.8 Å². The molecule has 0 bridgehead atoms. The number of rotatable bonds is 7. The molecule has 0 aliphatic heterocycles. The second-order valence-corrected chi connectivity index (χ2v) is 4.73. The molecule has 0 fully saturated rings. The number of nitrogens with two attached hydrogens (primary N) is 1.